The Balaban J connectivity index is 1.45. The molecule has 8 heteroatoms. The van der Waals surface area contributed by atoms with Crippen molar-refractivity contribution in [3.63, 3.8) is 0 Å². The van der Waals surface area contributed by atoms with E-state index in [1.165, 1.54) is 11.3 Å². The van der Waals surface area contributed by atoms with Gasteiger partial charge in [0, 0.05) is 17.6 Å². The summed E-state index contributed by atoms with van der Waals surface area (Å²) >= 11 is 1.21. The van der Waals surface area contributed by atoms with Crippen LogP contribution in [0.3, 0.4) is 0 Å². The minimum absolute atomic E-state index is 0.0953. The molecule has 0 aromatic carbocycles. The molecule has 1 saturated heterocycles. The maximum absolute atomic E-state index is 12.7. The molecule has 1 amide bonds. The fraction of sp³-hybridized carbons (Fsp3) is 0.550. The number of anilines is 1. The van der Waals surface area contributed by atoms with Gasteiger partial charge >= 0.3 is 5.97 Å². The second kappa shape index (κ2) is 7.67. The highest BCUT2D eigenvalue weighted by atomic mass is 32.1. The number of aromatic nitrogens is 1. The number of ether oxygens (including phenoxy) is 2. The molecule has 150 valence electrons. The summed E-state index contributed by atoms with van der Waals surface area (Å²) in [5.41, 5.74) is 8.41. The minimum atomic E-state index is -0.570. The second-order valence-electron chi connectivity index (χ2n) is 7.53. The molecule has 28 heavy (non-hydrogen) atoms. The standard InChI is InChI=1S/C20H25N3O4S/c1-11-9-12(2)22-19-16(11)17(21)18(28-19)20(25)27-10-15(24)23-7-8-26-14-6-4-3-5-13(14)23/h9,13-14H,3-8,10,21H2,1-2H3/t13-,14+/m1/s1. The number of nitrogens with zero attached hydrogens (tertiary/aromatic N) is 2. The number of hydrogen-bond donors (Lipinski definition) is 1. The van der Waals surface area contributed by atoms with Gasteiger partial charge in [-0.15, -0.1) is 11.3 Å². The molecule has 3 heterocycles. The largest absolute Gasteiger partial charge is 0.451 e. The Morgan fingerprint density at radius 1 is 1.36 bits per heavy atom. The fourth-order valence-electron chi connectivity index (χ4n) is 4.30. The molecule has 2 aromatic rings. The SMILES string of the molecule is Cc1cc(C)c2c(N)c(C(=O)OCC(=O)N3CCO[C@H]4CCCC[C@H]43)sc2n1. The number of pyridine rings is 1. The predicted molar refractivity (Wildman–Crippen MR) is 107 cm³/mol. The van der Waals surface area contributed by atoms with E-state index < -0.39 is 5.97 Å². The summed E-state index contributed by atoms with van der Waals surface area (Å²) in [5.74, 6) is -0.738. The molecule has 1 aliphatic heterocycles. The second-order valence-corrected chi connectivity index (χ2v) is 8.53. The molecular formula is C20H25N3O4S. The lowest BCUT2D eigenvalue weighted by molar-refractivity contribution is -0.152. The van der Waals surface area contributed by atoms with Crippen molar-refractivity contribution in [3.8, 4) is 0 Å². The molecule has 0 unspecified atom stereocenters. The zero-order valence-corrected chi connectivity index (χ0v) is 17.0. The van der Waals surface area contributed by atoms with E-state index in [9.17, 15) is 9.59 Å². The van der Waals surface area contributed by atoms with Gasteiger partial charge in [0.25, 0.3) is 5.91 Å². The highest BCUT2D eigenvalue weighted by Gasteiger charge is 2.37. The topological polar surface area (TPSA) is 94.8 Å². The van der Waals surface area contributed by atoms with Gasteiger partial charge < -0.3 is 20.1 Å². The van der Waals surface area contributed by atoms with E-state index >= 15 is 0 Å². The number of nitrogen functional groups attached to an aromatic ring is 1. The number of nitrogens with two attached hydrogens (primary N) is 1. The van der Waals surface area contributed by atoms with Gasteiger partial charge in [-0.3, -0.25) is 4.79 Å². The quantitative estimate of drug-likeness (QED) is 0.792. The summed E-state index contributed by atoms with van der Waals surface area (Å²) in [7, 11) is 0. The maximum Gasteiger partial charge on any atom is 0.351 e. The number of esters is 1. The van der Waals surface area contributed by atoms with E-state index in [1.54, 1.807) is 0 Å². The zero-order chi connectivity index (χ0) is 19.8. The highest BCUT2D eigenvalue weighted by Crippen LogP contribution is 2.35. The molecule has 7 nitrogen and oxygen atoms in total. The van der Waals surface area contributed by atoms with Crippen molar-refractivity contribution < 1.29 is 19.1 Å². The summed E-state index contributed by atoms with van der Waals surface area (Å²) in [6, 6.07) is 2.03. The molecule has 2 aromatic heterocycles. The highest BCUT2D eigenvalue weighted by molar-refractivity contribution is 7.21. The zero-order valence-electron chi connectivity index (χ0n) is 16.2. The van der Waals surface area contributed by atoms with Crippen LogP contribution in [0, 0.1) is 13.8 Å². The average molecular weight is 404 g/mol. The third kappa shape index (κ3) is 3.46. The van der Waals surface area contributed by atoms with Crippen molar-refractivity contribution in [2.24, 2.45) is 0 Å². The summed E-state index contributed by atoms with van der Waals surface area (Å²) in [5, 5.41) is 0.784. The summed E-state index contributed by atoms with van der Waals surface area (Å²) < 4.78 is 11.1. The van der Waals surface area contributed by atoms with Gasteiger partial charge in [-0.2, -0.15) is 0 Å². The van der Waals surface area contributed by atoms with E-state index in [-0.39, 0.29) is 24.7 Å². The Hall–Kier alpha value is -2.19. The van der Waals surface area contributed by atoms with Crippen LogP contribution < -0.4 is 5.73 Å². The normalized spacial score (nSPS) is 22.1. The van der Waals surface area contributed by atoms with Crippen molar-refractivity contribution in [1.29, 1.82) is 0 Å². The van der Waals surface area contributed by atoms with Crippen molar-refractivity contribution in [2.45, 2.75) is 51.7 Å². The van der Waals surface area contributed by atoms with Gasteiger partial charge in [0.2, 0.25) is 0 Å². The van der Waals surface area contributed by atoms with E-state index in [1.807, 2.05) is 24.8 Å². The van der Waals surface area contributed by atoms with Crippen LogP contribution in [0.4, 0.5) is 5.69 Å². The molecular weight excluding hydrogens is 378 g/mol. The smallest absolute Gasteiger partial charge is 0.351 e. The van der Waals surface area contributed by atoms with Crippen LogP contribution in [0.25, 0.3) is 10.2 Å². The third-order valence-corrected chi connectivity index (χ3v) is 6.67. The molecule has 0 radical (unpaired) electrons. The summed E-state index contributed by atoms with van der Waals surface area (Å²) in [6.45, 7) is 4.65. The van der Waals surface area contributed by atoms with Crippen LogP contribution in [-0.2, 0) is 14.3 Å². The van der Waals surface area contributed by atoms with Gasteiger partial charge in [-0.1, -0.05) is 12.8 Å². The fourth-order valence-corrected chi connectivity index (χ4v) is 5.41. The number of carbonyl (C=O) groups excluding carboxylic acids is 2. The Labute approximate surface area is 167 Å². The lowest BCUT2D eigenvalue weighted by Gasteiger charge is -2.43. The van der Waals surface area contributed by atoms with Gasteiger partial charge in [-0.25, -0.2) is 9.78 Å². The van der Waals surface area contributed by atoms with Crippen LogP contribution >= 0.6 is 11.3 Å². The molecule has 0 spiro atoms. The van der Waals surface area contributed by atoms with Crippen molar-refractivity contribution in [3.05, 3.63) is 22.2 Å². The summed E-state index contributed by atoms with van der Waals surface area (Å²) in [4.78, 5) is 32.6. The van der Waals surface area contributed by atoms with Gasteiger partial charge in [0.05, 0.1) is 24.4 Å². The Bertz CT molecular complexity index is 924. The van der Waals surface area contributed by atoms with E-state index in [4.69, 9.17) is 15.2 Å². The average Bonchev–Trinajstić information content (AvgIpc) is 3.02. The predicted octanol–water partition coefficient (Wildman–Crippen LogP) is 2.82. The number of rotatable bonds is 3. The molecule has 2 N–H and O–H groups in total. The number of aryl methyl sites for hydroxylation is 2. The number of amides is 1. The van der Waals surface area contributed by atoms with Crippen molar-refractivity contribution in [2.75, 3.05) is 25.5 Å². The Morgan fingerprint density at radius 2 is 2.14 bits per heavy atom. The minimum Gasteiger partial charge on any atom is -0.451 e. The molecule has 2 atom stereocenters. The first kappa shape index (κ1) is 19.1. The first-order valence-electron chi connectivity index (χ1n) is 9.70. The maximum atomic E-state index is 12.7. The molecule has 2 aliphatic rings. The Morgan fingerprint density at radius 3 is 2.96 bits per heavy atom. The lowest BCUT2D eigenvalue weighted by atomic mass is 9.90. The van der Waals surface area contributed by atoms with Gasteiger partial charge in [0.15, 0.2) is 6.61 Å². The van der Waals surface area contributed by atoms with Crippen LogP contribution in [0.5, 0.6) is 0 Å². The number of carbonyl (C=O) groups is 2. The van der Waals surface area contributed by atoms with Crippen LogP contribution in [0.1, 0.15) is 46.6 Å². The van der Waals surface area contributed by atoms with E-state index in [0.717, 1.165) is 42.3 Å². The number of thiophene rings is 1. The van der Waals surface area contributed by atoms with Gasteiger partial charge in [-0.05, 0) is 38.3 Å². The lowest BCUT2D eigenvalue weighted by Crippen LogP contribution is -2.55. The molecule has 1 aliphatic carbocycles. The van der Waals surface area contributed by atoms with Crippen LogP contribution in [0.2, 0.25) is 0 Å². The third-order valence-electron chi connectivity index (χ3n) is 5.59. The molecule has 1 saturated carbocycles. The van der Waals surface area contributed by atoms with Crippen LogP contribution in [0.15, 0.2) is 6.07 Å². The Kier molecular flexibility index (Phi) is 5.25. The summed E-state index contributed by atoms with van der Waals surface area (Å²) in [6.07, 6.45) is 4.27. The monoisotopic (exact) mass is 403 g/mol. The van der Waals surface area contributed by atoms with Crippen LogP contribution in [-0.4, -0.2) is 53.7 Å². The van der Waals surface area contributed by atoms with Gasteiger partial charge in [0.1, 0.15) is 9.71 Å². The number of morpholine rings is 1. The van der Waals surface area contributed by atoms with Crippen molar-refractivity contribution in [1.82, 2.24) is 9.88 Å². The molecule has 0 bridgehead atoms. The van der Waals surface area contributed by atoms with E-state index in [2.05, 4.69) is 4.98 Å². The number of hydrogen-bond acceptors (Lipinski definition) is 7. The first-order valence-corrected chi connectivity index (χ1v) is 10.5. The molecule has 2 fully saturated rings. The number of fused-ring (bicyclic) bond motifs is 2. The van der Waals surface area contributed by atoms with Crippen molar-refractivity contribution >= 4 is 39.1 Å². The first-order chi connectivity index (χ1) is 13.5. The van der Waals surface area contributed by atoms with E-state index in [0.29, 0.717) is 28.5 Å². The molecule has 4 rings (SSSR count).